The summed E-state index contributed by atoms with van der Waals surface area (Å²) < 4.78 is 241. The normalized spacial score (nSPS) is 15.7. The predicted octanol–water partition coefficient (Wildman–Crippen LogP) is 15.0. The molecule has 2 aliphatic heterocycles. The van der Waals surface area contributed by atoms with Crippen molar-refractivity contribution < 1.29 is 79.7 Å². The largest absolute Gasteiger partial charge is 0.460 e. The number of H-pyrrole nitrogens is 2. The molecule has 0 aromatic carbocycles. The average molecular weight is 995 g/mol. The minimum atomic E-state index is -8.80. The predicted molar refractivity (Wildman–Crippen MR) is 224 cm³/mol. The van der Waals surface area contributed by atoms with Crippen molar-refractivity contribution in [2.75, 3.05) is 0 Å². The van der Waals surface area contributed by atoms with Crippen LogP contribution in [0.1, 0.15) is 125 Å². The van der Waals surface area contributed by atoms with Crippen LogP contribution >= 0.6 is 0 Å². The number of aryl methyl sites for hydroxylation is 4. The van der Waals surface area contributed by atoms with E-state index in [0.29, 0.717) is 70.8 Å². The number of hydrogen-bond acceptors (Lipinski definition) is 3. The van der Waals surface area contributed by atoms with Crippen molar-refractivity contribution in [3.05, 3.63) is 74.9 Å². The van der Waals surface area contributed by atoms with E-state index in [2.05, 4.69) is 9.97 Å². The molecule has 5 nitrogen and oxygen atoms in total. The summed E-state index contributed by atoms with van der Waals surface area (Å²) in [6.07, 6.45) is -9.35. The van der Waals surface area contributed by atoms with Crippen LogP contribution in [0.2, 0.25) is 0 Å². The van der Waals surface area contributed by atoms with Gasteiger partial charge in [-0.15, -0.1) is 0 Å². The summed E-state index contributed by atoms with van der Waals surface area (Å²) in [7, 11) is 0. The molecular formula is C46H47F17N4O. The Kier molecular flexibility index (Phi) is 14.4. The highest BCUT2D eigenvalue weighted by Crippen LogP contribution is 2.64. The third-order valence-corrected chi connectivity index (χ3v) is 12.5. The van der Waals surface area contributed by atoms with Gasteiger partial charge in [0.05, 0.1) is 22.8 Å². The zero-order valence-electron chi connectivity index (χ0n) is 37.7. The summed E-state index contributed by atoms with van der Waals surface area (Å²) in [4.78, 5) is 16.5. The van der Waals surface area contributed by atoms with E-state index in [1.54, 1.807) is 39.8 Å². The number of aromatic amines is 2. The lowest BCUT2D eigenvalue weighted by Crippen LogP contribution is -2.75. The highest BCUT2D eigenvalue weighted by atomic mass is 19.4. The first kappa shape index (κ1) is 54.1. The lowest BCUT2D eigenvalue weighted by atomic mass is 9.87. The minimum Gasteiger partial charge on any atom is -0.382 e. The Morgan fingerprint density at radius 3 is 1.22 bits per heavy atom. The summed E-state index contributed by atoms with van der Waals surface area (Å²) in [5.74, 6) is -58.3. The van der Waals surface area contributed by atoms with Crippen LogP contribution in [-0.4, -0.2) is 78.8 Å². The van der Waals surface area contributed by atoms with Gasteiger partial charge in [-0.2, -0.15) is 74.6 Å². The number of hydrogen-bond donors (Lipinski definition) is 3. The molecular weight excluding hydrogens is 947 g/mol. The van der Waals surface area contributed by atoms with Gasteiger partial charge < -0.3 is 15.1 Å². The third-order valence-electron chi connectivity index (χ3n) is 12.5. The van der Waals surface area contributed by atoms with E-state index >= 15 is 17.6 Å². The van der Waals surface area contributed by atoms with Crippen LogP contribution in [0.5, 0.6) is 0 Å². The second-order valence-corrected chi connectivity index (χ2v) is 16.3. The Morgan fingerprint density at radius 2 is 0.824 bits per heavy atom. The highest BCUT2D eigenvalue weighted by molar-refractivity contribution is 5.99. The molecule has 0 saturated carbocycles. The van der Waals surface area contributed by atoms with Crippen molar-refractivity contribution >= 4 is 50.4 Å². The summed E-state index contributed by atoms with van der Waals surface area (Å²) in [6, 6.07) is 5.43. The van der Waals surface area contributed by atoms with Crippen molar-refractivity contribution in [1.82, 2.24) is 19.9 Å². The molecule has 0 aliphatic carbocycles. The second-order valence-electron chi connectivity index (χ2n) is 16.3. The van der Waals surface area contributed by atoms with E-state index in [1.165, 1.54) is 0 Å². The van der Waals surface area contributed by atoms with Gasteiger partial charge in [0.1, 0.15) is 6.10 Å². The van der Waals surface area contributed by atoms with Crippen LogP contribution in [0.25, 0.3) is 50.4 Å². The maximum absolute atomic E-state index is 15.5. The molecule has 1 atom stereocenters. The van der Waals surface area contributed by atoms with Crippen molar-refractivity contribution in [3.63, 3.8) is 0 Å². The molecule has 3 aromatic heterocycles. The first-order chi connectivity index (χ1) is 31.2. The van der Waals surface area contributed by atoms with Crippen LogP contribution in [0.15, 0.2) is 24.3 Å². The summed E-state index contributed by atoms with van der Waals surface area (Å²) >= 11 is 0. The SMILES string of the molecule is CCC1=C(CC)c2nc1cc1[nH]c(cc3[nH]c(cc4nc(c2/C=C/C(O)C(F)(F)C(F)(F)C(F)(F)C(F)(F)C(F)(F)C(F)(F)C(F)(F)C(F)(F)F)C(CC)=C4C)c(CC)c3CC)c(CC)c1CC. The molecule has 8 bridgehead atoms. The van der Waals surface area contributed by atoms with E-state index in [0.717, 1.165) is 33.3 Å². The van der Waals surface area contributed by atoms with Crippen LogP contribution in [-0.2, 0) is 25.7 Å². The number of halogens is 17. The molecule has 5 heterocycles. The molecule has 0 saturated heterocycles. The Labute approximate surface area is 378 Å². The lowest BCUT2D eigenvalue weighted by Gasteiger charge is -2.43. The highest BCUT2D eigenvalue weighted by Gasteiger charge is 2.95. The molecule has 0 fully saturated rings. The molecule has 5 rings (SSSR count). The zero-order valence-corrected chi connectivity index (χ0v) is 37.7. The Bertz CT molecular complexity index is 2700. The number of aliphatic hydroxyl groups excluding tert-OH is 1. The van der Waals surface area contributed by atoms with Gasteiger partial charge in [-0.3, -0.25) is 0 Å². The number of aromatic nitrogens is 4. The van der Waals surface area contributed by atoms with Crippen molar-refractivity contribution in [2.45, 2.75) is 154 Å². The Morgan fingerprint density at radius 1 is 0.471 bits per heavy atom. The molecule has 2 aliphatic rings. The topological polar surface area (TPSA) is 77.6 Å². The quantitative estimate of drug-likeness (QED) is 0.125. The number of allylic oxidation sites excluding steroid dienone is 4. The maximum Gasteiger partial charge on any atom is 0.460 e. The van der Waals surface area contributed by atoms with Crippen LogP contribution in [0.4, 0.5) is 74.6 Å². The van der Waals surface area contributed by atoms with Gasteiger partial charge in [0.25, 0.3) is 0 Å². The molecule has 0 amide bonds. The fourth-order valence-corrected chi connectivity index (χ4v) is 8.78. The molecule has 376 valence electrons. The fourth-order valence-electron chi connectivity index (χ4n) is 8.78. The van der Waals surface area contributed by atoms with Gasteiger partial charge in [-0.1, -0.05) is 54.5 Å². The van der Waals surface area contributed by atoms with E-state index in [-0.39, 0.29) is 48.0 Å². The van der Waals surface area contributed by atoms with Gasteiger partial charge in [-0.25, -0.2) is 9.97 Å². The first-order valence-corrected chi connectivity index (χ1v) is 21.5. The zero-order chi connectivity index (χ0) is 51.7. The standard InChI is InChI=1S/C46H47F17N4O/c1-9-22-21(8)30-18-31-23(10-2)24(11-3)32(64-31)19-33-25(12-4)26(13-5)34(65-33)20-35-27(14-6)28(15-7)38(67-35)29(37(22)66-30)16-17-36(68)39(47,48)40(49,50)41(51,52)42(53,54)43(55,56)44(57,58)45(59,60)46(61,62)63/h16-20,36,64-65,68H,9-15H2,1-8H3/b17-16+,30-18?,31-18?,32-19?,33-19?,34-20?,35-20?,37-29?,38-29?. The molecule has 3 N–H and O–H groups in total. The van der Waals surface area contributed by atoms with Crippen molar-refractivity contribution in [2.24, 2.45) is 0 Å². The summed E-state index contributed by atoms with van der Waals surface area (Å²) in [5, 5.41) is 10.5. The molecule has 1 unspecified atom stereocenters. The lowest BCUT2D eigenvalue weighted by molar-refractivity contribution is -0.463. The summed E-state index contributed by atoms with van der Waals surface area (Å²) in [6.45, 7) is 14.5. The molecule has 0 spiro atoms. The van der Waals surface area contributed by atoms with Crippen molar-refractivity contribution in [3.8, 4) is 0 Å². The van der Waals surface area contributed by atoms with Gasteiger partial charge in [0.15, 0.2) is 0 Å². The van der Waals surface area contributed by atoms with E-state index in [9.17, 15) is 62.2 Å². The summed E-state index contributed by atoms with van der Waals surface area (Å²) in [5.41, 5.74) is 8.59. The number of nitrogens with one attached hydrogen (secondary N) is 2. The number of fused-ring (bicyclic) bond motifs is 8. The van der Waals surface area contributed by atoms with Gasteiger partial charge in [-0.05, 0) is 121 Å². The first-order valence-electron chi connectivity index (χ1n) is 21.5. The number of alkyl halides is 17. The monoisotopic (exact) mass is 994 g/mol. The number of aliphatic hydroxyl groups is 1. The smallest absolute Gasteiger partial charge is 0.382 e. The number of rotatable bonds is 16. The van der Waals surface area contributed by atoms with E-state index < -0.39 is 53.7 Å². The van der Waals surface area contributed by atoms with Crippen LogP contribution < -0.4 is 0 Å². The van der Waals surface area contributed by atoms with Crippen molar-refractivity contribution in [1.29, 1.82) is 0 Å². The van der Waals surface area contributed by atoms with Crippen LogP contribution in [0, 0.1) is 0 Å². The third kappa shape index (κ3) is 7.91. The fraction of sp³-hybridized carbons (Fsp3) is 0.522. The maximum atomic E-state index is 15.5. The van der Waals surface area contributed by atoms with Gasteiger partial charge in [0, 0.05) is 27.6 Å². The second kappa shape index (κ2) is 18.1. The minimum absolute atomic E-state index is 0.0684. The Balaban J connectivity index is 1.86. The average Bonchev–Trinajstić information content (AvgIpc) is 3.98. The molecule has 3 aromatic rings. The van der Waals surface area contributed by atoms with Gasteiger partial charge in [0.2, 0.25) is 0 Å². The molecule has 22 heteroatoms. The molecule has 68 heavy (non-hydrogen) atoms. The van der Waals surface area contributed by atoms with Gasteiger partial charge >= 0.3 is 47.6 Å². The van der Waals surface area contributed by atoms with E-state index in [4.69, 9.17) is 9.97 Å². The van der Waals surface area contributed by atoms with Crippen LogP contribution in [0.3, 0.4) is 0 Å². The number of nitrogens with zero attached hydrogens (tertiary/aromatic N) is 2. The molecule has 0 radical (unpaired) electrons. The Hall–Kier alpha value is -4.89. The van der Waals surface area contributed by atoms with E-state index in [1.807, 2.05) is 33.8 Å².